The summed E-state index contributed by atoms with van der Waals surface area (Å²) in [7, 11) is 0. The Morgan fingerprint density at radius 1 is 1.10 bits per heavy atom. The molecule has 0 aliphatic carbocycles. The molecule has 0 saturated carbocycles. The molecule has 3 rings (SSSR count). The molecule has 0 saturated heterocycles. The molecule has 0 fully saturated rings. The van der Waals surface area contributed by atoms with Crippen molar-refractivity contribution < 1.29 is 14.3 Å². The van der Waals surface area contributed by atoms with E-state index in [0.29, 0.717) is 18.8 Å². The van der Waals surface area contributed by atoms with Crippen molar-refractivity contribution in [2.45, 2.75) is 19.4 Å². The maximum absolute atomic E-state index is 10.2. The third-order valence-electron chi connectivity index (χ3n) is 3.49. The SMILES string of the molecule is Cc1cccc2cc(C(O)CCOc3ccccc3)oc12. The van der Waals surface area contributed by atoms with Crippen molar-refractivity contribution in [2.24, 2.45) is 0 Å². The minimum Gasteiger partial charge on any atom is -0.493 e. The molecule has 3 nitrogen and oxygen atoms in total. The third kappa shape index (κ3) is 3.09. The maximum atomic E-state index is 10.2. The number of aliphatic hydroxyl groups is 1. The van der Waals surface area contributed by atoms with Crippen LogP contribution in [0.2, 0.25) is 0 Å². The van der Waals surface area contributed by atoms with Crippen molar-refractivity contribution in [3.63, 3.8) is 0 Å². The Labute approximate surface area is 123 Å². The zero-order valence-corrected chi connectivity index (χ0v) is 12.0. The molecule has 1 atom stereocenters. The first-order valence-corrected chi connectivity index (χ1v) is 7.09. The Balaban J connectivity index is 1.64. The summed E-state index contributed by atoms with van der Waals surface area (Å²) in [6, 6.07) is 17.5. The van der Waals surface area contributed by atoms with Gasteiger partial charge in [-0.25, -0.2) is 0 Å². The quantitative estimate of drug-likeness (QED) is 0.761. The summed E-state index contributed by atoms with van der Waals surface area (Å²) in [6.45, 7) is 2.45. The minimum absolute atomic E-state index is 0.446. The van der Waals surface area contributed by atoms with E-state index in [9.17, 15) is 5.11 Å². The third-order valence-corrected chi connectivity index (χ3v) is 3.49. The van der Waals surface area contributed by atoms with Crippen LogP contribution in [0, 0.1) is 6.92 Å². The number of ether oxygens (including phenoxy) is 1. The van der Waals surface area contributed by atoms with Crippen LogP contribution in [0.4, 0.5) is 0 Å². The van der Waals surface area contributed by atoms with Gasteiger partial charge in [0, 0.05) is 11.8 Å². The number of aryl methyl sites for hydroxylation is 1. The first-order valence-electron chi connectivity index (χ1n) is 7.09. The molecule has 2 aromatic carbocycles. The predicted octanol–water partition coefficient (Wildman–Crippen LogP) is 4.24. The fourth-order valence-electron chi connectivity index (χ4n) is 2.34. The maximum Gasteiger partial charge on any atom is 0.137 e. The first kappa shape index (κ1) is 13.7. The molecule has 0 amide bonds. The Hall–Kier alpha value is -2.26. The summed E-state index contributed by atoms with van der Waals surface area (Å²) in [6.07, 6.45) is -0.158. The zero-order valence-electron chi connectivity index (χ0n) is 12.0. The lowest BCUT2D eigenvalue weighted by atomic mass is 10.1. The molecule has 3 aromatic rings. The molecular weight excluding hydrogens is 264 g/mol. The average molecular weight is 282 g/mol. The van der Waals surface area contributed by atoms with E-state index in [1.54, 1.807) is 0 Å². The molecule has 0 spiro atoms. The molecule has 1 unspecified atom stereocenters. The molecule has 1 aromatic heterocycles. The van der Waals surface area contributed by atoms with E-state index in [4.69, 9.17) is 9.15 Å². The van der Waals surface area contributed by atoms with Crippen LogP contribution in [-0.2, 0) is 0 Å². The predicted molar refractivity (Wildman–Crippen MR) is 82.5 cm³/mol. The standard InChI is InChI=1S/C18H18O3/c1-13-6-5-7-14-12-17(21-18(13)14)16(19)10-11-20-15-8-3-2-4-9-15/h2-9,12,16,19H,10-11H2,1H3. The molecule has 0 aliphatic rings. The summed E-state index contributed by atoms with van der Waals surface area (Å²) in [5.74, 6) is 1.40. The molecule has 108 valence electrons. The van der Waals surface area contributed by atoms with Gasteiger partial charge in [-0.3, -0.25) is 0 Å². The number of aliphatic hydroxyl groups excluding tert-OH is 1. The normalized spacial score (nSPS) is 12.5. The van der Waals surface area contributed by atoms with E-state index < -0.39 is 6.10 Å². The first-order chi connectivity index (χ1) is 10.2. The van der Waals surface area contributed by atoms with Gasteiger partial charge in [0.15, 0.2) is 0 Å². The van der Waals surface area contributed by atoms with Crippen molar-refractivity contribution in [1.29, 1.82) is 0 Å². The number of hydrogen-bond acceptors (Lipinski definition) is 3. The van der Waals surface area contributed by atoms with Gasteiger partial charge in [-0.1, -0.05) is 36.4 Å². The van der Waals surface area contributed by atoms with Crippen LogP contribution in [0.5, 0.6) is 5.75 Å². The van der Waals surface area contributed by atoms with Gasteiger partial charge >= 0.3 is 0 Å². The fourth-order valence-corrected chi connectivity index (χ4v) is 2.34. The lowest BCUT2D eigenvalue weighted by Crippen LogP contribution is -2.04. The number of benzene rings is 2. The van der Waals surface area contributed by atoms with Crippen molar-refractivity contribution in [3.8, 4) is 5.75 Å². The van der Waals surface area contributed by atoms with Gasteiger partial charge in [0.2, 0.25) is 0 Å². The Bertz CT molecular complexity index is 716. The fraction of sp³-hybridized carbons (Fsp3) is 0.222. The average Bonchev–Trinajstić information content (AvgIpc) is 2.94. The Morgan fingerprint density at radius 2 is 1.90 bits per heavy atom. The van der Waals surface area contributed by atoms with E-state index in [1.165, 1.54) is 0 Å². The van der Waals surface area contributed by atoms with Crippen molar-refractivity contribution >= 4 is 11.0 Å². The van der Waals surface area contributed by atoms with Crippen LogP contribution in [0.1, 0.15) is 23.8 Å². The molecular formula is C18H18O3. The van der Waals surface area contributed by atoms with E-state index in [0.717, 1.165) is 22.3 Å². The number of para-hydroxylation sites is 2. The topological polar surface area (TPSA) is 42.6 Å². The lowest BCUT2D eigenvalue weighted by molar-refractivity contribution is 0.120. The Morgan fingerprint density at radius 3 is 2.67 bits per heavy atom. The second-order valence-electron chi connectivity index (χ2n) is 5.11. The number of fused-ring (bicyclic) bond motifs is 1. The number of rotatable bonds is 5. The van der Waals surface area contributed by atoms with Crippen LogP contribution in [0.15, 0.2) is 59.0 Å². The Kier molecular flexibility index (Phi) is 3.93. The second kappa shape index (κ2) is 6.02. The second-order valence-corrected chi connectivity index (χ2v) is 5.11. The van der Waals surface area contributed by atoms with Crippen molar-refractivity contribution in [3.05, 3.63) is 65.9 Å². The van der Waals surface area contributed by atoms with E-state index in [2.05, 4.69) is 0 Å². The van der Waals surface area contributed by atoms with Crippen molar-refractivity contribution in [1.82, 2.24) is 0 Å². The lowest BCUT2D eigenvalue weighted by Gasteiger charge is -2.09. The van der Waals surface area contributed by atoms with Gasteiger partial charge in [0.25, 0.3) is 0 Å². The largest absolute Gasteiger partial charge is 0.493 e. The van der Waals surface area contributed by atoms with Crippen LogP contribution < -0.4 is 4.74 Å². The molecule has 1 N–H and O–H groups in total. The summed E-state index contributed by atoms with van der Waals surface area (Å²) in [5.41, 5.74) is 1.92. The van der Waals surface area contributed by atoms with Gasteiger partial charge < -0.3 is 14.3 Å². The van der Waals surface area contributed by atoms with Gasteiger partial charge in [0.05, 0.1) is 6.61 Å². The van der Waals surface area contributed by atoms with Crippen LogP contribution >= 0.6 is 0 Å². The monoisotopic (exact) mass is 282 g/mol. The molecule has 0 bridgehead atoms. The van der Waals surface area contributed by atoms with Gasteiger partial charge in [0.1, 0.15) is 23.2 Å². The smallest absolute Gasteiger partial charge is 0.137 e. The van der Waals surface area contributed by atoms with Gasteiger partial charge in [-0.15, -0.1) is 0 Å². The van der Waals surface area contributed by atoms with E-state index in [1.807, 2.05) is 61.5 Å². The molecule has 21 heavy (non-hydrogen) atoms. The number of hydrogen-bond donors (Lipinski definition) is 1. The van der Waals surface area contributed by atoms with E-state index in [-0.39, 0.29) is 0 Å². The summed E-state index contributed by atoms with van der Waals surface area (Å²) in [4.78, 5) is 0. The highest BCUT2D eigenvalue weighted by atomic mass is 16.5. The highest BCUT2D eigenvalue weighted by Crippen LogP contribution is 2.27. The highest BCUT2D eigenvalue weighted by Gasteiger charge is 2.14. The molecule has 3 heteroatoms. The highest BCUT2D eigenvalue weighted by molar-refractivity contribution is 5.80. The number of furan rings is 1. The van der Waals surface area contributed by atoms with Crippen LogP contribution in [0.25, 0.3) is 11.0 Å². The summed E-state index contributed by atoms with van der Waals surface area (Å²) < 4.78 is 11.4. The van der Waals surface area contributed by atoms with Gasteiger partial charge in [-0.2, -0.15) is 0 Å². The minimum atomic E-state index is -0.652. The molecule has 1 heterocycles. The van der Waals surface area contributed by atoms with Crippen LogP contribution in [-0.4, -0.2) is 11.7 Å². The molecule has 0 radical (unpaired) electrons. The van der Waals surface area contributed by atoms with Crippen molar-refractivity contribution in [2.75, 3.05) is 6.61 Å². The summed E-state index contributed by atoms with van der Waals surface area (Å²) in [5, 5.41) is 11.2. The summed E-state index contributed by atoms with van der Waals surface area (Å²) >= 11 is 0. The molecule has 0 aliphatic heterocycles. The zero-order chi connectivity index (χ0) is 14.7. The van der Waals surface area contributed by atoms with Gasteiger partial charge in [-0.05, 0) is 30.7 Å². The van der Waals surface area contributed by atoms with Crippen LogP contribution in [0.3, 0.4) is 0 Å². The van der Waals surface area contributed by atoms with E-state index >= 15 is 0 Å².